The van der Waals surface area contributed by atoms with Crippen LogP contribution in [0.5, 0.6) is 5.75 Å². The summed E-state index contributed by atoms with van der Waals surface area (Å²) in [5, 5.41) is 14.7. The lowest BCUT2D eigenvalue weighted by molar-refractivity contribution is 0.0193. The molecular formula is C38H40Cl2N6O4. The van der Waals surface area contributed by atoms with Gasteiger partial charge in [0.15, 0.2) is 0 Å². The third-order valence-corrected chi connectivity index (χ3v) is 9.82. The van der Waals surface area contributed by atoms with Crippen molar-refractivity contribution in [3.05, 3.63) is 118 Å². The number of aromatic hydroxyl groups is 1. The Balaban J connectivity index is 0.00000432. The first-order valence-electron chi connectivity index (χ1n) is 16.5. The first kappa shape index (κ1) is 35.2. The van der Waals surface area contributed by atoms with E-state index in [9.17, 15) is 14.7 Å². The molecule has 1 saturated heterocycles. The first-order valence-corrected chi connectivity index (χ1v) is 16.8. The van der Waals surface area contributed by atoms with Crippen LogP contribution in [-0.2, 0) is 24.8 Å². The molecule has 2 aromatic heterocycles. The summed E-state index contributed by atoms with van der Waals surface area (Å²) in [5.74, 6) is -0.273. The lowest BCUT2D eigenvalue weighted by atomic mass is 9.91. The van der Waals surface area contributed by atoms with Gasteiger partial charge in [0, 0.05) is 67.4 Å². The number of nitrogens with one attached hydrogen (secondary N) is 1. The largest absolute Gasteiger partial charge is 0.508 e. The molecule has 0 bridgehead atoms. The van der Waals surface area contributed by atoms with Crippen LogP contribution in [0.4, 0.5) is 11.4 Å². The normalized spacial score (nSPS) is 16.1. The molecular weight excluding hydrogens is 675 g/mol. The number of benzene rings is 3. The van der Waals surface area contributed by atoms with Gasteiger partial charge >= 0.3 is 0 Å². The zero-order valence-corrected chi connectivity index (χ0v) is 29.8. The molecule has 0 unspecified atom stereocenters. The number of phenolic OH excluding ortho intramolecular Hbond substituents is 1. The van der Waals surface area contributed by atoms with Crippen LogP contribution in [0.1, 0.15) is 43.1 Å². The van der Waals surface area contributed by atoms with Crippen molar-refractivity contribution in [2.24, 2.45) is 7.05 Å². The Bertz CT molecular complexity index is 2020. The number of H-pyrrole nitrogens is 1. The number of aryl methyl sites for hydroxylation is 2. The molecule has 5 aromatic rings. The molecule has 3 aromatic carbocycles. The molecule has 0 spiro atoms. The highest BCUT2D eigenvalue weighted by Gasteiger charge is 2.34. The zero-order chi connectivity index (χ0) is 34.2. The Morgan fingerprint density at radius 3 is 2.44 bits per heavy atom. The average molecular weight is 716 g/mol. The number of aromatic amines is 1. The Labute approximate surface area is 302 Å². The fraction of sp³-hybridized carbons (Fsp3) is 0.289. The minimum Gasteiger partial charge on any atom is -0.508 e. The summed E-state index contributed by atoms with van der Waals surface area (Å²) in [5.41, 5.74) is 7.26. The second-order valence-corrected chi connectivity index (χ2v) is 13.3. The fourth-order valence-electron chi connectivity index (χ4n) is 7.10. The number of phenols is 1. The number of anilines is 2. The second-order valence-electron chi connectivity index (χ2n) is 12.8. The van der Waals surface area contributed by atoms with Crippen molar-refractivity contribution in [3.63, 3.8) is 0 Å². The lowest BCUT2D eigenvalue weighted by Gasteiger charge is -2.40. The van der Waals surface area contributed by atoms with E-state index in [0.717, 1.165) is 31.6 Å². The molecule has 1 fully saturated rings. The number of morpholine rings is 1. The highest BCUT2D eigenvalue weighted by Crippen LogP contribution is 2.37. The summed E-state index contributed by atoms with van der Waals surface area (Å²) in [6.07, 6.45) is 4.15. The smallest absolute Gasteiger partial charge is 0.265 e. The predicted molar refractivity (Wildman–Crippen MR) is 197 cm³/mol. The van der Waals surface area contributed by atoms with Gasteiger partial charge in [0.1, 0.15) is 5.75 Å². The van der Waals surface area contributed by atoms with Crippen LogP contribution in [0, 0.1) is 13.8 Å². The number of nitrogens with zero attached hydrogens (tertiary/aromatic N) is 5. The van der Waals surface area contributed by atoms with Gasteiger partial charge < -0.3 is 19.7 Å². The maximum absolute atomic E-state index is 14.8. The molecule has 2 amide bonds. The highest BCUT2D eigenvalue weighted by atomic mass is 35.5. The van der Waals surface area contributed by atoms with Crippen molar-refractivity contribution in [1.82, 2.24) is 24.6 Å². The van der Waals surface area contributed by atoms with E-state index < -0.39 is 0 Å². The van der Waals surface area contributed by atoms with Gasteiger partial charge in [-0.05, 0) is 73.4 Å². The molecule has 2 aliphatic rings. The summed E-state index contributed by atoms with van der Waals surface area (Å²) in [6, 6.07) is 20.1. The Morgan fingerprint density at radius 1 is 1.02 bits per heavy atom. The van der Waals surface area contributed by atoms with Gasteiger partial charge in [-0.25, -0.2) is 0 Å². The summed E-state index contributed by atoms with van der Waals surface area (Å²) in [6.45, 7) is 8.04. The number of fused-ring (bicyclic) bond motifs is 1. The third kappa shape index (κ3) is 6.89. The second kappa shape index (κ2) is 14.7. The molecule has 10 nitrogen and oxygen atoms in total. The van der Waals surface area contributed by atoms with Gasteiger partial charge in [0.25, 0.3) is 11.8 Å². The van der Waals surface area contributed by atoms with E-state index in [0.29, 0.717) is 69.8 Å². The molecule has 12 heteroatoms. The molecule has 260 valence electrons. The number of hydrogen-bond acceptors (Lipinski definition) is 6. The number of carbonyl (C=O) groups is 2. The predicted octanol–water partition coefficient (Wildman–Crippen LogP) is 6.69. The fourth-order valence-corrected chi connectivity index (χ4v) is 7.27. The standard InChI is InChI=1S/C38H39ClN6O4.ClH/c1-24-35(38(48)45(31-20-40-42(3)22-31)29-9-11-32(46)12-10-29)25(2)41-36(24)33-13-8-28(39)19-34(33)37(47)44-21-27-7-5-4-6-26(27)18-30(44)23-43-14-16-49-17-15-43;/h4-13,19-20,22,30,41,46H,14-18,21,23H2,1-3H3;1H/t30-;/m0./s1. The van der Waals surface area contributed by atoms with Crippen LogP contribution in [0.15, 0.2) is 79.1 Å². The van der Waals surface area contributed by atoms with Gasteiger partial charge in [-0.2, -0.15) is 5.10 Å². The summed E-state index contributed by atoms with van der Waals surface area (Å²) in [4.78, 5) is 38.6. The van der Waals surface area contributed by atoms with Crippen LogP contribution < -0.4 is 4.90 Å². The maximum Gasteiger partial charge on any atom is 0.265 e. The lowest BCUT2D eigenvalue weighted by Crippen LogP contribution is -2.52. The van der Waals surface area contributed by atoms with Crippen LogP contribution in [-0.4, -0.2) is 80.4 Å². The minimum atomic E-state index is -0.267. The summed E-state index contributed by atoms with van der Waals surface area (Å²) >= 11 is 6.59. The van der Waals surface area contributed by atoms with Crippen molar-refractivity contribution in [2.75, 3.05) is 37.7 Å². The van der Waals surface area contributed by atoms with Gasteiger partial charge in [0.05, 0.1) is 41.9 Å². The molecule has 0 aliphatic carbocycles. The SMILES string of the molecule is Cc1[nH]c(-c2ccc(Cl)cc2C(=O)N2Cc3ccccc3C[C@H]2CN2CCOCC2)c(C)c1C(=O)N(c1ccc(O)cc1)c1cnn(C)c1.Cl. The number of carbonyl (C=O) groups excluding carboxylic acids is 2. The highest BCUT2D eigenvalue weighted by molar-refractivity contribution is 6.31. The molecule has 0 saturated carbocycles. The quantitative estimate of drug-likeness (QED) is 0.195. The van der Waals surface area contributed by atoms with Crippen LogP contribution in [0.3, 0.4) is 0 Å². The van der Waals surface area contributed by atoms with E-state index in [4.69, 9.17) is 16.3 Å². The number of hydrogen-bond donors (Lipinski definition) is 2. The van der Waals surface area contributed by atoms with E-state index in [1.54, 1.807) is 65.4 Å². The van der Waals surface area contributed by atoms with Gasteiger partial charge in [0.2, 0.25) is 0 Å². The molecule has 50 heavy (non-hydrogen) atoms. The molecule has 2 aliphatic heterocycles. The van der Waals surface area contributed by atoms with Crippen LogP contribution in [0.2, 0.25) is 5.02 Å². The number of halogens is 2. The molecule has 1 atom stereocenters. The van der Waals surface area contributed by atoms with Gasteiger partial charge in [-0.3, -0.25) is 24.1 Å². The topological polar surface area (TPSA) is 107 Å². The van der Waals surface area contributed by atoms with Crippen molar-refractivity contribution in [3.8, 4) is 17.0 Å². The van der Waals surface area contributed by atoms with Crippen molar-refractivity contribution in [2.45, 2.75) is 32.9 Å². The summed E-state index contributed by atoms with van der Waals surface area (Å²) in [7, 11) is 1.79. The number of ether oxygens (including phenoxy) is 1. The van der Waals surface area contributed by atoms with E-state index >= 15 is 0 Å². The van der Waals surface area contributed by atoms with Gasteiger partial charge in [-0.1, -0.05) is 41.9 Å². The van der Waals surface area contributed by atoms with E-state index in [1.165, 1.54) is 5.56 Å². The Kier molecular flexibility index (Phi) is 10.4. The Morgan fingerprint density at radius 2 is 1.74 bits per heavy atom. The minimum absolute atomic E-state index is 0. The van der Waals surface area contributed by atoms with Crippen molar-refractivity contribution >= 4 is 47.2 Å². The molecule has 0 radical (unpaired) electrons. The van der Waals surface area contributed by atoms with E-state index in [2.05, 4.69) is 33.2 Å². The van der Waals surface area contributed by atoms with Crippen molar-refractivity contribution < 1.29 is 19.4 Å². The summed E-state index contributed by atoms with van der Waals surface area (Å²) < 4.78 is 7.23. The maximum atomic E-state index is 14.8. The number of aromatic nitrogens is 3. The number of amides is 2. The van der Waals surface area contributed by atoms with E-state index in [-0.39, 0.29) is 36.0 Å². The van der Waals surface area contributed by atoms with Gasteiger partial charge in [-0.15, -0.1) is 12.4 Å². The molecule has 4 heterocycles. The van der Waals surface area contributed by atoms with Crippen molar-refractivity contribution in [1.29, 1.82) is 0 Å². The molecule has 2 N–H and O–H groups in total. The molecule has 7 rings (SSSR count). The van der Waals surface area contributed by atoms with E-state index in [1.807, 2.05) is 30.9 Å². The van der Waals surface area contributed by atoms with Crippen LogP contribution >= 0.6 is 24.0 Å². The third-order valence-electron chi connectivity index (χ3n) is 9.58. The number of rotatable bonds is 7. The monoisotopic (exact) mass is 714 g/mol. The first-order chi connectivity index (χ1) is 23.7. The average Bonchev–Trinajstić information content (AvgIpc) is 3.66. The van der Waals surface area contributed by atoms with Crippen LogP contribution in [0.25, 0.3) is 11.3 Å². The Hall–Kier alpha value is -4.61. The zero-order valence-electron chi connectivity index (χ0n) is 28.2.